The number of thiophene rings is 1. The number of carbonyl (C=O) groups excluding carboxylic acids is 1. The first-order chi connectivity index (χ1) is 15.5. The molecule has 8 heteroatoms. The first-order valence-electron chi connectivity index (χ1n) is 10.7. The average molecular weight is 470 g/mol. The van der Waals surface area contributed by atoms with E-state index in [0.717, 1.165) is 24.2 Å². The summed E-state index contributed by atoms with van der Waals surface area (Å²) in [6.45, 7) is 2.01. The Hall–Kier alpha value is -2.68. The minimum Gasteiger partial charge on any atom is -0.375 e. The van der Waals surface area contributed by atoms with E-state index in [9.17, 15) is 13.2 Å². The first kappa shape index (κ1) is 22.5. The minimum atomic E-state index is -3.74. The van der Waals surface area contributed by atoms with Crippen LogP contribution >= 0.6 is 11.3 Å². The van der Waals surface area contributed by atoms with Crippen molar-refractivity contribution in [2.24, 2.45) is 0 Å². The average Bonchev–Trinajstić information content (AvgIpc) is 3.33. The number of amides is 1. The van der Waals surface area contributed by atoms with E-state index in [2.05, 4.69) is 10.2 Å². The van der Waals surface area contributed by atoms with Crippen LogP contribution in [0, 0.1) is 0 Å². The molecule has 1 aliphatic heterocycles. The Morgan fingerprint density at radius 2 is 1.78 bits per heavy atom. The quantitative estimate of drug-likeness (QED) is 0.510. The SMILES string of the molecule is CN(CCCNC(=O)c1sccc1S(=O)(=O)N1CCc2ccccc2C1)c1ccccc1. The van der Waals surface area contributed by atoms with Gasteiger partial charge < -0.3 is 10.2 Å². The molecule has 6 nitrogen and oxygen atoms in total. The minimum absolute atomic E-state index is 0.0979. The summed E-state index contributed by atoms with van der Waals surface area (Å²) >= 11 is 1.17. The molecule has 4 rings (SSSR count). The lowest BCUT2D eigenvalue weighted by atomic mass is 10.0. The summed E-state index contributed by atoms with van der Waals surface area (Å²) in [6.07, 6.45) is 1.43. The monoisotopic (exact) mass is 469 g/mol. The van der Waals surface area contributed by atoms with Gasteiger partial charge in [0.15, 0.2) is 0 Å². The first-order valence-corrected chi connectivity index (χ1v) is 13.0. The van der Waals surface area contributed by atoms with Crippen LogP contribution < -0.4 is 10.2 Å². The Bertz CT molecular complexity index is 1180. The third kappa shape index (κ3) is 4.87. The predicted molar refractivity (Wildman–Crippen MR) is 129 cm³/mol. The molecule has 0 atom stereocenters. The van der Waals surface area contributed by atoms with Crippen molar-refractivity contribution >= 4 is 33.0 Å². The van der Waals surface area contributed by atoms with Gasteiger partial charge in [0.25, 0.3) is 5.91 Å². The second-order valence-corrected chi connectivity index (χ2v) is 10.7. The lowest BCUT2D eigenvalue weighted by molar-refractivity contribution is 0.0954. The van der Waals surface area contributed by atoms with Gasteiger partial charge in [-0.05, 0) is 47.5 Å². The zero-order valence-corrected chi connectivity index (χ0v) is 19.7. The van der Waals surface area contributed by atoms with Crippen molar-refractivity contribution in [1.29, 1.82) is 0 Å². The number of benzene rings is 2. The zero-order chi connectivity index (χ0) is 22.6. The van der Waals surface area contributed by atoms with Crippen LogP contribution in [-0.2, 0) is 23.0 Å². The highest BCUT2D eigenvalue weighted by Gasteiger charge is 2.32. The van der Waals surface area contributed by atoms with Gasteiger partial charge in [0.05, 0.1) is 0 Å². The van der Waals surface area contributed by atoms with Gasteiger partial charge in [0, 0.05) is 38.9 Å². The maximum Gasteiger partial charge on any atom is 0.262 e. The molecule has 0 unspecified atom stereocenters. The molecule has 0 saturated carbocycles. The van der Waals surface area contributed by atoms with Gasteiger partial charge in [0.2, 0.25) is 10.0 Å². The van der Waals surface area contributed by atoms with E-state index in [4.69, 9.17) is 0 Å². The van der Waals surface area contributed by atoms with Gasteiger partial charge in [0.1, 0.15) is 9.77 Å². The lowest BCUT2D eigenvalue weighted by Gasteiger charge is -2.28. The summed E-state index contributed by atoms with van der Waals surface area (Å²) in [7, 11) is -1.73. The van der Waals surface area contributed by atoms with Gasteiger partial charge in [-0.1, -0.05) is 42.5 Å². The highest BCUT2D eigenvalue weighted by atomic mass is 32.2. The molecule has 1 N–H and O–H groups in total. The van der Waals surface area contributed by atoms with Gasteiger partial charge in [-0.3, -0.25) is 4.79 Å². The summed E-state index contributed by atoms with van der Waals surface area (Å²) in [5, 5.41) is 4.55. The number of nitrogens with zero attached hydrogens (tertiary/aromatic N) is 2. The zero-order valence-electron chi connectivity index (χ0n) is 18.0. The van der Waals surface area contributed by atoms with Gasteiger partial charge in [-0.15, -0.1) is 11.3 Å². The Labute approximate surface area is 193 Å². The Balaban J connectivity index is 1.37. The molecule has 2 aromatic carbocycles. The maximum absolute atomic E-state index is 13.3. The molecular formula is C24H27N3O3S2. The number of carbonyl (C=O) groups is 1. The number of nitrogens with one attached hydrogen (secondary N) is 1. The highest BCUT2D eigenvalue weighted by molar-refractivity contribution is 7.89. The Morgan fingerprint density at radius 3 is 2.56 bits per heavy atom. The van der Waals surface area contributed by atoms with Crippen LogP contribution in [-0.4, -0.2) is 45.3 Å². The highest BCUT2D eigenvalue weighted by Crippen LogP contribution is 2.29. The molecule has 0 aliphatic carbocycles. The number of para-hydroxylation sites is 1. The Kier molecular flexibility index (Phi) is 6.93. The summed E-state index contributed by atoms with van der Waals surface area (Å²) < 4.78 is 28.1. The second kappa shape index (κ2) is 9.85. The molecular weight excluding hydrogens is 442 g/mol. The number of rotatable bonds is 8. The molecule has 0 saturated heterocycles. The number of sulfonamides is 1. The molecule has 0 spiro atoms. The van der Waals surface area contributed by atoms with E-state index in [-0.39, 0.29) is 15.7 Å². The van der Waals surface area contributed by atoms with Crippen molar-refractivity contribution in [3.8, 4) is 0 Å². The molecule has 168 valence electrons. The van der Waals surface area contributed by atoms with E-state index in [1.165, 1.54) is 21.2 Å². The van der Waals surface area contributed by atoms with Crippen LogP contribution in [0.25, 0.3) is 0 Å². The third-order valence-electron chi connectivity index (χ3n) is 5.70. The van der Waals surface area contributed by atoms with E-state index in [0.29, 0.717) is 26.1 Å². The fraction of sp³-hybridized carbons (Fsp3) is 0.292. The predicted octanol–water partition coefficient (Wildman–Crippen LogP) is 3.75. The lowest BCUT2D eigenvalue weighted by Crippen LogP contribution is -2.37. The van der Waals surface area contributed by atoms with Crippen LogP contribution in [0.2, 0.25) is 0 Å². The van der Waals surface area contributed by atoms with Gasteiger partial charge in [-0.2, -0.15) is 4.31 Å². The molecule has 32 heavy (non-hydrogen) atoms. The topological polar surface area (TPSA) is 69.7 Å². The fourth-order valence-electron chi connectivity index (χ4n) is 3.89. The van der Waals surface area contributed by atoms with E-state index < -0.39 is 10.0 Å². The van der Waals surface area contributed by atoms with Crippen molar-refractivity contribution in [3.05, 3.63) is 82.0 Å². The van der Waals surface area contributed by atoms with E-state index >= 15 is 0 Å². The summed E-state index contributed by atoms with van der Waals surface area (Å²) in [6, 6.07) is 19.5. The van der Waals surface area contributed by atoms with E-state index in [1.807, 2.05) is 61.6 Å². The van der Waals surface area contributed by atoms with Crippen LogP contribution in [0.15, 0.2) is 70.9 Å². The molecule has 1 aromatic heterocycles. The smallest absolute Gasteiger partial charge is 0.262 e. The van der Waals surface area contributed by atoms with Crippen LogP contribution in [0.4, 0.5) is 5.69 Å². The summed E-state index contributed by atoms with van der Waals surface area (Å²) in [5.74, 6) is -0.335. The number of hydrogen-bond donors (Lipinski definition) is 1. The molecule has 1 amide bonds. The van der Waals surface area contributed by atoms with Crippen LogP contribution in [0.3, 0.4) is 0 Å². The standard InChI is InChI=1S/C24H27N3O3S2/c1-26(21-10-3-2-4-11-21)15-7-14-25-24(28)23-22(13-17-31-23)32(29,30)27-16-12-19-8-5-6-9-20(19)18-27/h2-6,8-11,13,17H,7,12,14-16,18H2,1H3,(H,25,28). The largest absolute Gasteiger partial charge is 0.375 e. The summed E-state index contributed by atoms with van der Waals surface area (Å²) in [4.78, 5) is 15.2. The fourth-order valence-corrected chi connectivity index (χ4v) is 6.63. The molecule has 0 bridgehead atoms. The van der Waals surface area contributed by atoms with Crippen molar-refractivity contribution < 1.29 is 13.2 Å². The van der Waals surface area contributed by atoms with Gasteiger partial charge in [-0.25, -0.2) is 8.42 Å². The Morgan fingerprint density at radius 1 is 1.06 bits per heavy atom. The van der Waals surface area contributed by atoms with Crippen molar-refractivity contribution in [3.63, 3.8) is 0 Å². The normalized spacial score (nSPS) is 14.0. The van der Waals surface area contributed by atoms with Gasteiger partial charge >= 0.3 is 0 Å². The van der Waals surface area contributed by atoms with Crippen molar-refractivity contribution in [2.45, 2.75) is 24.3 Å². The second-order valence-electron chi connectivity index (χ2n) is 7.84. The summed E-state index contributed by atoms with van der Waals surface area (Å²) in [5.41, 5.74) is 3.32. The van der Waals surface area contributed by atoms with Crippen LogP contribution in [0.1, 0.15) is 27.2 Å². The molecule has 0 fully saturated rings. The molecule has 3 aromatic rings. The molecule has 2 heterocycles. The maximum atomic E-state index is 13.3. The number of fused-ring (bicyclic) bond motifs is 1. The third-order valence-corrected chi connectivity index (χ3v) is 8.63. The van der Waals surface area contributed by atoms with E-state index in [1.54, 1.807) is 11.4 Å². The number of hydrogen-bond acceptors (Lipinski definition) is 5. The molecule has 0 radical (unpaired) electrons. The van der Waals surface area contributed by atoms with Crippen LogP contribution in [0.5, 0.6) is 0 Å². The van der Waals surface area contributed by atoms with Crippen molar-refractivity contribution in [2.75, 3.05) is 31.6 Å². The molecule has 1 aliphatic rings. The van der Waals surface area contributed by atoms with Crippen molar-refractivity contribution in [1.82, 2.24) is 9.62 Å². The number of anilines is 1.